The van der Waals surface area contributed by atoms with Crippen LogP contribution in [0.4, 0.5) is 0 Å². The maximum absolute atomic E-state index is 8.95. The second kappa shape index (κ2) is 4.70. The molecule has 0 unspecified atom stereocenters. The van der Waals surface area contributed by atoms with Crippen molar-refractivity contribution in [1.82, 2.24) is 0 Å². The van der Waals surface area contributed by atoms with Crippen LogP contribution in [-0.2, 0) is 0 Å². The van der Waals surface area contributed by atoms with Crippen LogP contribution in [0.25, 0.3) is 0 Å². The Bertz CT molecular complexity index is 167. The molecule has 0 atom stereocenters. The van der Waals surface area contributed by atoms with Gasteiger partial charge in [0.05, 0.1) is 0 Å². The molecule has 60 valence electrons. The maximum atomic E-state index is 8.95. The van der Waals surface area contributed by atoms with Gasteiger partial charge in [0.1, 0.15) is 0 Å². The fraction of sp³-hybridized carbons (Fsp3) is 0.889. The average molecular weight is 171 g/mol. The van der Waals surface area contributed by atoms with Gasteiger partial charge < -0.3 is 0 Å². The molecule has 1 nitrogen and oxygen atoms in total. The quantitative estimate of drug-likeness (QED) is 0.511. The molecule has 2 aliphatic rings. The van der Waals surface area contributed by atoms with Crippen LogP contribution in [-0.4, -0.2) is 36.3 Å². The topological polar surface area (TPSA) is 23.8 Å². The van der Waals surface area contributed by atoms with Gasteiger partial charge in [-0.1, -0.05) is 38.5 Å². The van der Waals surface area contributed by atoms with Gasteiger partial charge in [-0.3, -0.25) is 0 Å². The first-order valence-electron chi connectivity index (χ1n) is 4.81. The van der Waals surface area contributed by atoms with Crippen molar-refractivity contribution in [2.24, 2.45) is 0 Å². The Balaban J connectivity index is 0.000000720. The number of fused-ring (bicyclic) bond motifs is 2. The minimum absolute atomic E-state index is 0. The van der Waals surface area contributed by atoms with Crippen molar-refractivity contribution >= 4 is 36.3 Å². The Morgan fingerprint density at radius 1 is 1.00 bits per heavy atom. The van der Waals surface area contributed by atoms with Crippen LogP contribution in [0.1, 0.15) is 38.5 Å². The molecule has 0 aromatic carbocycles. The van der Waals surface area contributed by atoms with Crippen LogP contribution < -0.4 is 0 Å². The number of hydrogen-bond acceptors (Lipinski definition) is 1. The van der Waals surface area contributed by atoms with Gasteiger partial charge in [-0.05, 0) is 11.6 Å². The molecule has 0 aromatic rings. The summed E-state index contributed by atoms with van der Waals surface area (Å²) in [4.78, 5) is 0. The molecule has 12 heavy (non-hydrogen) atoms. The van der Waals surface area contributed by atoms with E-state index in [2.05, 4.69) is 5.97 Å². The van der Waals surface area contributed by atoms with Crippen molar-refractivity contribution in [3.63, 3.8) is 0 Å². The van der Waals surface area contributed by atoms with Crippen LogP contribution >= 0.6 is 0 Å². The van der Waals surface area contributed by atoms with E-state index in [9.17, 15) is 0 Å². The molecule has 2 saturated heterocycles. The third-order valence-electron chi connectivity index (χ3n) is 3.46. The first-order chi connectivity index (χ1) is 5.42. The Morgan fingerprint density at radius 2 is 1.42 bits per heavy atom. The predicted octanol–water partition coefficient (Wildman–Crippen LogP) is 2.00. The summed E-state index contributed by atoms with van der Waals surface area (Å²) in [5.41, 5.74) is 0. The Kier molecular flexibility index (Phi) is 4.16. The van der Waals surface area contributed by atoms with Crippen molar-refractivity contribution in [3.05, 3.63) is 0 Å². The van der Waals surface area contributed by atoms with E-state index in [1.54, 1.807) is 0 Å². The SMILES string of the molecule is N#CB1C2CCCC1CCC2.[NaH]. The first-order valence-corrected chi connectivity index (χ1v) is 4.81. The monoisotopic (exact) mass is 171 g/mol. The molecule has 0 spiro atoms. The number of nitriles is 1. The number of hydrogen-bond donors (Lipinski definition) is 0. The van der Waals surface area contributed by atoms with Crippen LogP contribution in [0, 0.1) is 11.2 Å². The van der Waals surface area contributed by atoms with E-state index in [0.29, 0.717) is 6.71 Å². The van der Waals surface area contributed by atoms with E-state index < -0.39 is 0 Å². The van der Waals surface area contributed by atoms with Crippen LogP contribution in [0.5, 0.6) is 0 Å². The van der Waals surface area contributed by atoms with Crippen LogP contribution in [0.3, 0.4) is 0 Å². The number of rotatable bonds is 0. The first kappa shape index (κ1) is 10.6. The molecule has 2 rings (SSSR count). The van der Waals surface area contributed by atoms with Gasteiger partial charge in [0, 0.05) is 5.97 Å². The normalized spacial score (nSPS) is 33.4. The number of nitrogens with zero attached hydrogens (tertiary/aromatic N) is 1. The van der Waals surface area contributed by atoms with Gasteiger partial charge >= 0.3 is 29.6 Å². The molecule has 0 saturated carbocycles. The van der Waals surface area contributed by atoms with Crippen molar-refractivity contribution in [2.75, 3.05) is 0 Å². The Labute approximate surface area is 97.3 Å². The molecule has 2 bridgehead atoms. The van der Waals surface area contributed by atoms with Crippen molar-refractivity contribution in [2.45, 2.75) is 50.2 Å². The van der Waals surface area contributed by atoms with Crippen molar-refractivity contribution in [1.29, 1.82) is 5.26 Å². The fourth-order valence-electron chi connectivity index (χ4n) is 2.89. The third-order valence-corrected chi connectivity index (χ3v) is 3.46. The zero-order valence-corrected chi connectivity index (χ0v) is 6.92. The molecule has 0 radical (unpaired) electrons. The molecule has 0 N–H and O–H groups in total. The van der Waals surface area contributed by atoms with Gasteiger partial charge in [-0.15, -0.1) is 0 Å². The zero-order chi connectivity index (χ0) is 7.68. The van der Waals surface area contributed by atoms with Gasteiger partial charge in [0.2, 0.25) is 0 Å². The summed E-state index contributed by atoms with van der Waals surface area (Å²) in [7, 11) is 0. The minimum atomic E-state index is 0. The molecular formula is C9H15BNNa. The summed E-state index contributed by atoms with van der Waals surface area (Å²) in [6, 6.07) is 0. The summed E-state index contributed by atoms with van der Waals surface area (Å²) in [5.74, 6) is 4.05. The molecule has 0 aliphatic carbocycles. The standard InChI is InChI=1S/C9H14BN.Na.H/c11-7-10-8-3-1-4-9(10)6-2-5-8;;/h8-9H,1-6H2;;. The van der Waals surface area contributed by atoms with Crippen LogP contribution in [0.15, 0.2) is 0 Å². The molecule has 2 heterocycles. The molecule has 2 fully saturated rings. The third kappa shape index (κ3) is 1.89. The summed E-state index contributed by atoms with van der Waals surface area (Å²) in [5, 5.41) is 8.95. The van der Waals surface area contributed by atoms with Crippen LogP contribution in [0.2, 0.25) is 11.6 Å². The Hall–Kier alpha value is 0.555. The second-order valence-corrected chi connectivity index (χ2v) is 4.04. The van der Waals surface area contributed by atoms with E-state index in [4.69, 9.17) is 5.26 Å². The molecule has 2 aliphatic heterocycles. The second-order valence-electron chi connectivity index (χ2n) is 4.04. The van der Waals surface area contributed by atoms with Crippen molar-refractivity contribution < 1.29 is 0 Å². The van der Waals surface area contributed by atoms with Gasteiger partial charge in [0.15, 0.2) is 0 Å². The molecular weight excluding hydrogens is 156 g/mol. The van der Waals surface area contributed by atoms with E-state index >= 15 is 0 Å². The van der Waals surface area contributed by atoms with Gasteiger partial charge in [0.25, 0.3) is 6.71 Å². The summed E-state index contributed by atoms with van der Waals surface area (Å²) >= 11 is 0. The van der Waals surface area contributed by atoms with E-state index in [1.807, 2.05) is 0 Å². The van der Waals surface area contributed by atoms with Crippen molar-refractivity contribution in [3.8, 4) is 5.97 Å². The molecule has 0 amide bonds. The summed E-state index contributed by atoms with van der Waals surface area (Å²) < 4.78 is 0. The van der Waals surface area contributed by atoms with Gasteiger partial charge in [-0.2, -0.15) is 0 Å². The fourth-order valence-corrected chi connectivity index (χ4v) is 2.89. The summed E-state index contributed by atoms with van der Waals surface area (Å²) in [6.45, 7) is 0.428. The average Bonchev–Trinajstić information content (AvgIpc) is 2.03. The Morgan fingerprint density at radius 3 is 1.67 bits per heavy atom. The molecule has 0 aromatic heterocycles. The predicted molar refractivity (Wildman–Crippen MR) is 53.7 cm³/mol. The van der Waals surface area contributed by atoms with E-state index in [-0.39, 0.29) is 29.6 Å². The zero-order valence-electron chi connectivity index (χ0n) is 6.92. The molecule has 3 heteroatoms. The van der Waals surface area contributed by atoms with E-state index in [1.165, 1.54) is 38.5 Å². The summed E-state index contributed by atoms with van der Waals surface area (Å²) in [6.07, 6.45) is 8.08. The van der Waals surface area contributed by atoms with E-state index in [0.717, 1.165) is 11.6 Å². The van der Waals surface area contributed by atoms with Gasteiger partial charge in [-0.25, -0.2) is 5.26 Å².